The number of H-pyrrole nitrogens is 1. The van der Waals surface area contributed by atoms with E-state index in [1.165, 1.54) is 25.7 Å². The van der Waals surface area contributed by atoms with Gasteiger partial charge in [0.1, 0.15) is 5.65 Å². The van der Waals surface area contributed by atoms with E-state index in [1.54, 1.807) is 6.20 Å². The molecule has 0 bridgehead atoms. The van der Waals surface area contributed by atoms with Gasteiger partial charge in [-0.3, -0.25) is 4.79 Å². The van der Waals surface area contributed by atoms with Gasteiger partial charge in [0.2, 0.25) is 5.91 Å². The second-order valence-corrected chi connectivity index (χ2v) is 5.89. The lowest BCUT2D eigenvalue weighted by atomic mass is 10.1. The number of rotatable bonds is 3. The fraction of sp³-hybridized carbons (Fsp3) is 0.467. The van der Waals surface area contributed by atoms with Crippen LogP contribution in [0.5, 0.6) is 0 Å². The van der Waals surface area contributed by atoms with E-state index in [0.717, 1.165) is 22.5 Å². The summed E-state index contributed by atoms with van der Waals surface area (Å²) < 4.78 is 0. The average Bonchev–Trinajstić information content (AvgIpc) is 2.77. The zero-order valence-electron chi connectivity index (χ0n) is 10.8. The van der Waals surface area contributed by atoms with Crippen molar-refractivity contribution >= 4 is 16.9 Å². The molecule has 4 nitrogen and oxygen atoms in total. The molecule has 2 aromatic heterocycles. The normalized spacial score (nSPS) is 28.3. The minimum absolute atomic E-state index is 0.147. The van der Waals surface area contributed by atoms with Crippen LogP contribution >= 0.6 is 0 Å². The smallest absolute Gasteiger partial charge is 0.224 e. The Morgan fingerprint density at radius 1 is 1.58 bits per heavy atom. The first-order valence-electron chi connectivity index (χ1n) is 6.99. The van der Waals surface area contributed by atoms with Crippen molar-refractivity contribution in [3.8, 4) is 0 Å². The van der Waals surface area contributed by atoms with Crippen LogP contribution in [0.25, 0.3) is 11.0 Å². The molecule has 2 saturated carbocycles. The van der Waals surface area contributed by atoms with E-state index in [0.29, 0.717) is 6.42 Å². The Morgan fingerprint density at radius 3 is 3.32 bits per heavy atom. The van der Waals surface area contributed by atoms with Crippen molar-refractivity contribution in [2.75, 3.05) is 0 Å². The van der Waals surface area contributed by atoms with Crippen LogP contribution in [0.1, 0.15) is 31.2 Å². The van der Waals surface area contributed by atoms with E-state index in [9.17, 15) is 4.79 Å². The number of aromatic nitrogens is 2. The molecular weight excluding hydrogens is 238 g/mol. The van der Waals surface area contributed by atoms with Crippen LogP contribution in [0.2, 0.25) is 0 Å². The maximum Gasteiger partial charge on any atom is 0.224 e. The first-order chi connectivity index (χ1) is 9.27. The molecule has 4 heteroatoms. The van der Waals surface area contributed by atoms with Crippen molar-refractivity contribution < 1.29 is 4.79 Å². The molecule has 2 fully saturated rings. The molecule has 0 spiro atoms. The highest BCUT2D eigenvalue weighted by molar-refractivity contribution is 5.87. The predicted octanol–water partition coefficient (Wildman–Crippen LogP) is 2.16. The lowest BCUT2D eigenvalue weighted by Crippen LogP contribution is -2.37. The maximum absolute atomic E-state index is 12.2. The Hall–Kier alpha value is -1.84. The fourth-order valence-electron chi connectivity index (χ4n) is 3.60. The van der Waals surface area contributed by atoms with Crippen molar-refractivity contribution in [1.82, 2.24) is 15.3 Å². The monoisotopic (exact) mass is 255 g/mol. The molecule has 0 radical (unpaired) electrons. The molecule has 2 aromatic rings. The minimum Gasteiger partial charge on any atom is -0.350 e. The molecule has 0 saturated heterocycles. The third-order valence-corrected chi connectivity index (χ3v) is 4.68. The van der Waals surface area contributed by atoms with E-state index in [-0.39, 0.29) is 11.4 Å². The van der Waals surface area contributed by atoms with Crippen molar-refractivity contribution in [3.63, 3.8) is 0 Å². The van der Waals surface area contributed by atoms with Crippen LogP contribution in [-0.2, 0) is 11.2 Å². The molecule has 0 aliphatic heterocycles. The van der Waals surface area contributed by atoms with Crippen molar-refractivity contribution in [2.45, 2.75) is 37.6 Å². The van der Waals surface area contributed by atoms with Gasteiger partial charge in [0.05, 0.1) is 6.42 Å². The zero-order valence-corrected chi connectivity index (χ0v) is 10.8. The Morgan fingerprint density at radius 2 is 2.53 bits per heavy atom. The molecule has 2 aliphatic rings. The van der Waals surface area contributed by atoms with Gasteiger partial charge in [0.25, 0.3) is 0 Å². The summed E-state index contributed by atoms with van der Waals surface area (Å²) >= 11 is 0. The summed E-state index contributed by atoms with van der Waals surface area (Å²) in [7, 11) is 0. The van der Waals surface area contributed by atoms with Crippen molar-refractivity contribution in [2.24, 2.45) is 5.92 Å². The largest absolute Gasteiger partial charge is 0.350 e. The van der Waals surface area contributed by atoms with Gasteiger partial charge in [0, 0.05) is 23.3 Å². The molecular formula is C15H17N3O. The van der Waals surface area contributed by atoms with Gasteiger partial charge in [-0.15, -0.1) is 0 Å². The quantitative estimate of drug-likeness (QED) is 0.883. The van der Waals surface area contributed by atoms with Crippen LogP contribution < -0.4 is 5.32 Å². The highest BCUT2D eigenvalue weighted by Gasteiger charge is 2.57. The molecule has 2 N–H and O–H groups in total. The van der Waals surface area contributed by atoms with Crippen LogP contribution in [0.3, 0.4) is 0 Å². The van der Waals surface area contributed by atoms with E-state index >= 15 is 0 Å². The fourth-order valence-corrected chi connectivity index (χ4v) is 3.60. The topological polar surface area (TPSA) is 57.8 Å². The second-order valence-electron chi connectivity index (χ2n) is 5.89. The predicted molar refractivity (Wildman–Crippen MR) is 72.6 cm³/mol. The molecule has 0 unspecified atom stereocenters. The highest BCUT2D eigenvalue weighted by atomic mass is 16.1. The first-order valence-corrected chi connectivity index (χ1v) is 6.99. The SMILES string of the molecule is O=C(Cc1c[nH]c2ncccc12)N[C@@]12CCC[C@@H]1C2. The minimum atomic E-state index is 0.147. The van der Waals surface area contributed by atoms with Gasteiger partial charge < -0.3 is 10.3 Å². The molecule has 2 heterocycles. The van der Waals surface area contributed by atoms with Crippen molar-refractivity contribution in [1.29, 1.82) is 0 Å². The second kappa shape index (κ2) is 3.83. The molecule has 1 amide bonds. The summed E-state index contributed by atoms with van der Waals surface area (Å²) in [5.74, 6) is 0.898. The molecule has 4 rings (SSSR count). The number of fused-ring (bicyclic) bond motifs is 2. The summed E-state index contributed by atoms with van der Waals surface area (Å²) in [4.78, 5) is 19.6. The molecule has 98 valence electrons. The van der Waals surface area contributed by atoms with Gasteiger partial charge in [-0.2, -0.15) is 0 Å². The standard InChI is InChI=1S/C15H17N3O/c19-13(18-15-5-1-3-11(15)8-15)7-10-9-17-14-12(10)4-2-6-16-14/h2,4,6,9,11H,1,3,5,7-8H2,(H,16,17)(H,18,19)/t11-,15-/m1/s1. The number of pyridine rings is 1. The van der Waals surface area contributed by atoms with Gasteiger partial charge in [0.15, 0.2) is 0 Å². The lowest BCUT2D eigenvalue weighted by Gasteiger charge is -2.14. The number of nitrogens with one attached hydrogen (secondary N) is 2. The number of nitrogens with zero attached hydrogens (tertiary/aromatic N) is 1. The molecule has 2 aliphatic carbocycles. The number of carbonyl (C=O) groups excluding carboxylic acids is 1. The molecule has 19 heavy (non-hydrogen) atoms. The van der Waals surface area contributed by atoms with Gasteiger partial charge in [-0.1, -0.05) is 6.42 Å². The van der Waals surface area contributed by atoms with Gasteiger partial charge >= 0.3 is 0 Å². The number of aromatic amines is 1. The Balaban J connectivity index is 1.50. The molecule has 0 aromatic carbocycles. The Kier molecular flexibility index (Phi) is 2.22. The number of carbonyl (C=O) groups is 1. The number of amides is 1. The Bertz CT molecular complexity index is 648. The van der Waals surface area contributed by atoms with Crippen LogP contribution in [0.15, 0.2) is 24.5 Å². The van der Waals surface area contributed by atoms with Crippen LogP contribution in [0, 0.1) is 5.92 Å². The summed E-state index contributed by atoms with van der Waals surface area (Å²) in [6.45, 7) is 0. The highest BCUT2D eigenvalue weighted by Crippen LogP contribution is 2.55. The summed E-state index contributed by atoms with van der Waals surface area (Å²) in [6.07, 6.45) is 9.01. The molecule has 2 atom stereocenters. The maximum atomic E-state index is 12.2. The zero-order chi connectivity index (χ0) is 12.9. The average molecular weight is 255 g/mol. The summed E-state index contributed by atoms with van der Waals surface area (Å²) in [5.41, 5.74) is 2.06. The van der Waals surface area contributed by atoms with Gasteiger partial charge in [-0.05, 0) is 42.9 Å². The van der Waals surface area contributed by atoms with E-state index < -0.39 is 0 Å². The van der Waals surface area contributed by atoms with Crippen LogP contribution in [0.4, 0.5) is 0 Å². The summed E-state index contributed by atoms with van der Waals surface area (Å²) in [6, 6.07) is 3.92. The van der Waals surface area contributed by atoms with Gasteiger partial charge in [-0.25, -0.2) is 4.98 Å². The van der Waals surface area contributed by atoms with Crippen molar-refractivity contribution in [3.05, 3.63) is 30.1 Å². The third kappa shape index (κ3) is 1.74. The van der Waals surface area contributed by atoms with E-state index in [1.807, 2.05) is 18.3 Å². The number of hydrogen-bond acceptors (Lipinski definition) is 2. The first kappa shape index (κ1) is 11.0. The Labute approximate surface area is 111 Å². The van der Waals surface area contributed by atoms with E-state index in [4.69, 9.17) is 0 Å². The number of hydrogen-bond donors (Lipinski definition) is 2. The third-order valence-electron chi connectivity index (χ3n) is 4.68. The van der Waals surface area contributed by atoms with Crippen LogP contribution in [-0.4, -0.2) is 21.4 Å². The summed E-state index contributed by atoms with van der Waals surface area (Å²) in [5, 5.41) is 4.31. The van der Waals surface area contributed by atoms with E-state index in [2.05, 4.69) is 15.3 Å². The lowest BCUT2D eigenvalue weighted by molar-refractivity contribution is -0.121.